The van der Waals surface area contributed by atoms with Gasteiger partial charge >= 0.3 is 0 Å². The predicted octanol–water partition coefficient (Wildman–Crippen LogP) is 4.81. The van der Waals surface area contributed by atoms with Crippen LogP contribution in [0.15, 0.2) is 64.9 Å². The summed E-state index contributed by atoms with van der Waals surface area (Å²) in [7, 11) is 0. The third-order valence-electron chi connectivity index (χ3n) is 5.00. The van der Waals surface area contributed by atoms with Crippen LogP contribution in [0.3, 0.4) is 0 Å². The van der Waals surface area contributed by atoms with Crippen LogP contribution in [0.25, 0.3) is 28.1 Å². The average molecular weight is 398 g/mol. The maximum Gasteiger partial charge on any atom is 0.202 e. The van der Waals surface area contributed by atoms with Crippen LogP contribution < -0.4 is 0 Å². The Morgan fingerprint density at radius 3 is 2.55 bits per heavy atom. The molecule has 5 rings (SSSR count). The van der Waals surface area contributed by atoms with Crippen molar-refractivity contribution < 1.29 is 0 Å². The molecule has 6 nitrogen and oxygen atoms in total. The summed E-state index contributed by atoms with van der Waals surface area (Å²) < 4.78 is 2.09. The number of fused-ring (bicyclic) bond motifs is 3. The summed E-state index contributed by atoms with van der Waals surface area (Å²) in [4.78, 5) is 13.8. The molecule has 142 valence electrons. The second-order valence-corrected chi connectivity index (χ2v) is 7.86. The largest absolute Gasteiger partial charge is 0.270 e. The summed E-state index contributed by atoms with van der Waals surface area (Å²) in [6.45, 7) is 6.13. The maximum absolute atomic E-state index is 4.79. The van der Waals surface area contributed by atoms with Crippen LogP contribution in [0.2, 0.25) is 0 Å². The molecule has 0 fully saturated rings. The van der Waals surface area contributed by atoms with Crippen LogP contribution in [-0.4, -0.2) is 29.5 Å². The molecule has 4 heterocycles. The fourth-order valence-corrected chi connectivity index (χ4v) is 4.31. The molecule has 5 aromatic rings. The Balaban J connectivity index is 1.67. The fraction of sp³-hybridized carbons (Fsp3) is 0.136. The van der Waals surface area contributed by atoms with E-state index < -0.39 is 0 Å². The van der Waals surface area contributed by atoms with Gasteiger partial charge in [-0.2, -0.15) is 0 Å². The summed E-state index contributed by atoms with van der Waals surface area (Å²) in [6.07, 6.45) is 1.75. The normalized spacial score (nSPS) is 11.4. The van der Waals surface area contributed by atoms with Crippen molar-refractivity contribution in [2.24, 2.45) is 0 Å². The van der Waals surface area contributed by atoms with Crippen LogP contribution in [0, 0.1) is 20.8 Å². The number of hydrogen-bond acceptors (Lipinski definition) is 6. The summed E-state index contributed by atoms with van der Waals surface area (Å²) in [6, 6.07) is 16.1. The van der Waals surface area contributed by atoms with Crippen molar-refractivity contribution >= 4 is 28.3 Å². The SMILES string of the molecule is Cc1nc(-c2ccccn2)nc(Sc2nnc3cc(C)c4ccccc4n23)c1C. The van der Waals surface area contributed by atoms with Gasteiger partial charge in [-0.3, -0.25) is 9.38 Å². The quantitative estimate of drug-likeness (QED) is 0.406. The lowest BCUT2D eigenvalue weighted by atomic mass is 10.1. The number of rotatable bonds is 3. The highest BCUT2D eigenvalue weighted by Gasteiger charge is 2.17. The van der Waals surface area contributed by atoms with Crippen molar-refractivity contribution in [2.75, 3.05) is 0 Å². The zero-order chi connectivity index (χ0) is 20.0. The highest BCUT2D eigenvalue weighted by atomic mass is 32.2. The molecule has 7 heteroatoms. The number of benzene rings is 1. The molecular weight excluding hydrogens is 380 g/mol. The van der Waals surface area contributed by atoms with Crippen LogP contribution in [0.1, 0.15) is 16.8 Å². The number of aromatic nitrogens is 6. The fourth-order valence-electron chi connectivity index (χ4n) is 3.34. The first kappa shape index (κ1) is 17.8. The zero-order valence-corrected chi connectivity index (χ0v) is 17.1. The van der Waals surface area contributed by atoms with Gasteiger partial charge in [0.25, 0.3) is 0 Å². The Bertz CT molecular complexity index is 1360. The Morgan fingerprint density at radius 1 is 0.897 bits per heavy atom. The maximum atomic E-state index is 4.79. The first-order chi connectivity index (χ1) is 14.1. The van der Waals surface area contributed by atoms with E-state index in [0.29, 0.717) is 5.82 Å². The molecule has 0 aliphatic heterocycles. The third-order valence-corrected chi connectivity index (χ3v) is 6.04. The van der Waals surface area contributed by atoms with Gasteiger partial charge in [-0.1, -0.05) is 24.3 Å². The lowest BCUT2D eigenvalue weighted by Gasteiger charge is -2.10. The van der Waals surface area contributed by atoms with Gasteiger partial charge in [0.05, 0.1) is 5.52 Å². The van der Waals surface area contributed by atoms with Gasteiger partial charge in [0.2, 0.25) is 5.16 Å². The van der Waals surface area contributed by atoms with Gasteiger partial charge in [0, 0.05) is 22.8 Å². The molecule has 1 aromatic carbocycles. The highest BCUT2D eigenvalue weighted by Crippen LogP contribution is 2.32. The van der Waals surface area contributed by atoms with Gasteiger partial charge in [0.1, 0.15) is 10.7 Å². The molecule has 0 spiro atoms. The minimum Gasteiger partial charge on any atom is -0.270 e. The van der Waals surface area contributed by atoms with Gasteiger partial charge in [-0.15, -0.1) is 10.2 Å². The second-order valence-electron chi connectivity index (χ2n) is 6.90. The van der Waals surface area contributed by atoms with Crippen molar-refractivity contribution in [3.05, 3.63) is 71.5 Å². The standard InChI is InChI=1S/C22H18N6S/c1-13-12-19-26-27-22(28(19)18-10-5-4-8-16(13)18)29-21-14(2)15(3)24-20(25-21)17-9-6-7-11-23-17/h4-12H,1-3H3. The van der Waals surface area contributed by atoms with E-state index in [9.17, 15) is 0 Å². The lowest BCUT2D eigenvalue weighted by molar-refractivity contribution is 0.919. The number of nitrogens with zero attached hydrogens (tertiary/aromatic N) is 6. The lowest BCUT2D eigenvalue weighted by Crippen LogP contribution is -2.00. The number of pyridine rings is 2. The summed E-state index contributed by atoms with van der Waals surface area (Å²) in [5.41, 5.74) is 5.81. The predicted molar refractivity (Wildman–Crippen MR) is 114 cm³/mol. The van der Waals surface area contributed by atoms with Crippen molar-refractivity contribution in [2.45, 2.75) is 31.0 Å². The van der Waals surface area contributed by atoms with Crippen LogP contribution in [0.5, 0.6) is 0 Å². The van der Waals surface area contributed by atoms with E-state index in [0.717, 1.165) is 38.3 Å². The van der Waals surface area contributed by atoms with Crippen molar-refractivity contribution in [1.29, 1.82) is 0 Å². The van der Waals surface area contributed by atoms with Crippen LogP contribution in [-0.2, 0) is 0 Å². The molecule has 0 atom stereocenters. The van der Waals surface area contributed by atoms with E-state index >= 15 is 0 Å². The van der Waals surface area contributed by atoms with Crippen molar-refractivity contribution in [1.82, 2.24) is 29.5 Å². The van der Waals surface area contributed by atoms with Crippen LogP contribution in [0.4, 0.5) is 0 Å². The van der Waals surface area contributed by atoms with Gasteiger partial charge in [0.15, 0.2) is 11.5 Å². The third kappa shape index (κ3) is 3.03. The second kappa shape index (κ2) is 6.93. The molecule has 0 saturated carbocycles. The molecule has 0 bridgehead atoms. The Hall–Kier alpha value is -3.32. The summed E-state index contributed by atoms with van der Waals surface area (Å²) in [5, 5.41) is 11.7. The topological polar surface area (TPSA) is 68.9 Å². The van der Waals surface area contributed by atoms with Crippen molar-refractivity contribution in [3.63, 3.8) is 0 Å². The molecule has 0 saturated heterocycles. The molecule has 0 unspecified atom stereocenters. The molecule has 4 aromatic heterocycles. The van der Waals surface area contributed by atoms with Gasteiger partial charge in [-0.25, -0.2) is 9.97 Å². The number of hydrogen-bond donors (Lipinski definition) is 0. The molecule has 0 N–H and O–H groups in total. The van der Waals surface area contributed by atoms with Gasteiger partial charge < -0.3 is 0 Å². The Labute approximate surface area is 172 Å². The average Bonchev–Trinajstić information content (AvgIpc) is 3.14. The Kier molecular flexibility index (Phi) is 4.24. The molecule has 29 heavy (non-hydrogen) atoms. The highest BCUT2D eigenvalue weighted by molar-refractivity contribution is 7.99. The Morgan fingerprint density at radius 2 is 1.72 bits per heavy atom. The van der Waals surface area contributed by atoms with E-state index in [-0.39, 0.29) is 0 Å². The molecular formula is C22H18N6S. The monoisotopic (exact) mass is 398 g/mol. The summed E-state index contributed by atoms with van der Waals surface area (Å²) >= 11 is 1.50. The van der Waals surface area contributed by atoms with Crippen molar-refractivity contribution in [3.8, 4) is 11.5 Å². The number of aryl methyl sites for hydroxylation is 2. The smallest absolute Gasteiger partial charge is 0.202 e. The molecule has 0 radical (unpaired) electrons. The van der Waals surface area contributed by atoms with E-state index in [1.807, 2.05) is 38.1 Å². The minimum absolute atomic E-state index is 0.616. The molecule has 0 amide bonds. The summed E-state index contributed by atoms with van der Waals surface area (Å²) in [5.74, 6) is 0.616. The minimum atomic E-state index is 0.616. The first-order valence-corrected chi connectivity index (χ1v) is 10.1. The zero-order valence-electron chi connectivity index (χ0n) is 16.3. The molecule has 0 aliphatic carbocycles. The molecule has 0 aliphatic rings. The van der Waals surface area contributed by atoms with E-state index in [1.165, 1.54) is 22.7 Å². The number of para-hydroxylation sites is 1. The van der Waals surface area contributed by atoms with Crippen LogP contribution >= 0.6 is 11.8 Å². The van der Waals surface area contributed by atoms with E-state index in [2.05, 4.69) is 55.8 Å². The van der Waals surface area contributed by atoms with Gasteiger partial charge in [-0.05, 0) is 62.4 Å². The first-order valence-electron chi connectivity index (χ1n) is 9.30. The van der Waals surface area contributed by atoms with E-state index in [4.69, 9.17) is 4.98 Å². The van der Waals surface area contributed by atoms with E-state index in [1.54, 1.807) is 6.20 Å².